The second-order valence-electron chi connectivity index (χ2n) is 4.26. The lowest BCUT2D eigenvalue weighted by molar-refractivity contribution is -0.116. The minimum Gasteiger partial charge on any atom is -0.298 e. The number of halogens is 1. The van der Waals surface area contributed by atoms with Crippen LogP contribution in [0.3, 0.4) is 0 Å². The number of carbonyl (C=O) groups is 1. The van der Waals surface area contributed by atoms with E-state index in [0.717, 1.165) is 20.6 Å². The molecule has 0 saturated carbocycles. The maximum atomic E-state index is 11.9. The SMILES string of the molecule is Cc1cccnc1SCC(=O)Cc1ccc(Br)cc1. The number of hydrogen-bond donors (Lipinski definition) is 0. The summed E-state index contributed by atoms with van der Waals surface area (Å²) in [5.41, 5.74) is 2.16. The van der Waals surface area contributed by atoms with Gasteiger partial charge in [-0.2, -0.15) is 0 Å². The zero-order chi connectivity index (χ0) is 13.7. The smallest absolute Gasteiger partial charge is 0.147 e. The fourth-order valence-electron chi connectivity index (χ4n) is 1.65. The third kappa shape index (κ3) is 4.48. The summed E-state index contributed by atoms with van der Waals surface area (Å²) in [6.07, 6.45) is 2.24. The van der Waals surface area contributed by atoms with Crippen LogP contribution >= 0.6 is 27.7 Å². The predicted molar refractivity (Wildman–Crippen MR) is 82.6 cm³/mol. The van der Waals surface area contributed by atoms with Crippen molar-refractivity contribution >= 4 is 33.5 Å². The van der Waals surface area contributed by atoms with Crippen LogP contribution in [0.4, 0.5) is 0 Å². The summed E-state index contributed by atoms with van der Waals surface area (Å²) in [6.45, 7) is 2.01. The molecule has 0 spiro atoms. The molecule has 0 aliphatic heterocycles. The Kier molecular flexibility index (Phi) is 5.16. The van der Waals surface area contributed by atoms with Crippen molar-refractivity contribution in [3.8, 4) is 0 Å². The van der Waals surface area contributed by atoms with Crippen molar-refractivity contribution in [1.82, 2.24) is 4.98 Å². The van der Waals surface area contributed by atoms with Crippen LogP contribution in [0.25, 0.3) is 0 Å². The van der Waals surface area contributed by atoms with Gasteiger partial charge in [-0.1, -0.05) is 45.9 Å². The molecule has 2 nitrogen and oxygen atoms in total. The number of aromatic nitrogens is 1. The zero-order valence-electron chi connectivity index (χ0n) is 10.6. The Bertz CT molecular complexity index is 569. The molecule has 0 amide bonds. The number of pyridine rings is 1. The highest BCUT2D eigenvalue weighted by Gasteiger charge is 2.07. The van der Waals surface area contributed by atoms with Gasteiger partial charge in [0.1, 0.15) is 5.78 Å². The first-order valence-electron chi connectivity index (χ1n) is 5.96. The van der Waals surface area contributed by atoms with Gasteiger partial charge in [0.15, 0.2) is 0 Å². The molecule has 1 aromatic carbocycles. The average molecular weight is 336 g/mol. The van der Waals surface area contributed by atoms with Crippen molar-refractivity contribution in [1.29, 1.82) is 0 Å². The third-order valence-electron chi connectivity index (χ3n) is 2.65. The van der Waals surface area contributed by atoms with E-state index in [-0.39, 0.29) is 5.78 Å². The number of Topliss-reactive ketones (excluding diaryl/α,β-unsaturated/α-hetero) is 1. The fourth-order valence-corrected chi connectivity index (χ4v) is 2.75. The highest BCUT2D eigenvalue weighted by atomic mass is 79.9. The van der Waals surface area contributed by atoms with Gasteiger partial charge in [-0.15, -0.1) is 0 Å². The minimum atomic E-state index is 0.220. The lowest BCUT2D eigenvalue weighted by atomic mass is 10.1. The van der Waals surface area contributed by atoms with E-state index in [1.165, 1.54) is 11.8 Å². The number of benzene rings is 1. The summed E-state index contributed by atoms with van der Waals surface area (Å²) >= 11 is 4.89. The van der Waals surface area contributed by atoms with Crippen LogP contribution < -0.4 is 0 Å². The molecule has 0 N–H and O–H groups in total. The topological polar surface area (TPSA) is 30.0 Å². The third-order valence-corrected chi connectivity index (χ3v) is 4.34. The highest BCUT2D eigenvalue weighted by Crippen LogP contribution is 2.19. The van der Waals surface area contributed by atoms with E-state index < -0.39 is 0 Å². The molecule has 0 unspecified atom stereocenters. The van der Waals surface area contributed by atoms with Gasteiger partial charge in [-0.3, -0.25) is 4.79 Å². The Morgan fingerprint density at radius 1 is 1.26 bits per heavy atom. The Morgan fingerprint density at radius 2 is 2.00 bits per heavy atom. The van der Waals surface area contributed by atoms with Crippen LogP contribution in [-0.2, 0) is 11.2 Å². The summed E-state index contributed by atoms with van der Waals surface area (Å²) < 4.78 is 1.03. The van der Waals surface area contributed by atoms with Gasteiger partial charge < -0.3 is 0 Å². The molecule has 0 radical (unpaired) electrons. The van der Waals surface area contributed by atoms with Crippen LogP contribution in [0.5, 0.6) is 0 Å². The molecule has 19 heavy (non-hydrogen) atoms. The van der Waals surface area contributed by atoms with E-state index in [1.54, 1.807) is 6.20 Å². The van der Waals surface area contributed by atoms with Crippen molar-refractivity contribution in [2.75, 3.05) is 5.75 Å². The van der Waals surface area contributed by atoms with E-state index in [0.29, 0.717) is 12.2 Å². The molecule has 1 heterocycles. The Hall–Kier alpha value is -1.13. The Labute approximate surface area is 125 Å². The Balaban J connectivity index is 1.88. The van der Waals surface area contributed by atoms with Gasteiger partial charge >= 0.3 is 0 Å². The summed E-state index contributed by atoms with van der Waals surface area (Å²) in [5, 5.41) is 0.937. The molecule has 2 rings (SSSR count). The van der Waals surface area contributed by atoms with E-state index >= 15 is 0 Å². The number of hydrogen-bond acceptors (Lipinski definition) is 3. The molecular formula is C15H14BrNOS. The van der Waals surface area contributed by atoms with E-state index in [4.69, 9.17) is 0 Å². The second-order valence-corrected chi connectivity index (χ2v) is 6.14. The summed E-state index contributed by atoms with van der Waals surface area (Å²) in [7, 11) is 0. The van der Waals surface area contributed by atoms with Crippen molar-refractivity contribution in [3.63, 3.8) is 0 Å². The summed E-state index contributed by atoms with van der Waals surface area (Å²) in [5.74, 6) is 0.686. The molecule has 0 aliphatic rings. The number of ketones is 1. The maximum absolute atomic E-state index is 11.9. The monoisotopic (exact) mass is 335 g/mol. The first-order valence-corrected chi connectivity index (χ1v) is 7.73. The molecule has 0 fully saturated rings. The molecule has 0 aliphatic carbocycles. The van der Waals surface area contributed by atoms with Crippen molar-refractivity contribution in [2.45, 2.75) is 18.4 Å². The number of aryl methyl sites for hydroxylation is 1. The van der Waals surface area contributed by atoms with E-state index in [2.05, 4.69) is 20.9 Å². The predicted octanol–water partition coefficient (Wildman–Crippen LogP) is 4.06. The van der Waals surface area contributed by atoms with E-state index in [9.17, 15) is 4.79 Å². The lowest BCUT2D eigenvalue weighted by Crippen LogP contribution is -2.06. The minimum absolute atomic E-state index is 0.220. The zero-order valence-corrected chi connectivity index (χ0v) is 13.0. The van der Waals surface area contributed by atoms with Crippen molar-refractivity contribution in [2.24, 2.45) is 0 Å². The first-order chi connectivity index (χ1) is 9.15. The number of carbonyl (C=O) groups excluding carboxylic acids is 1. The lowest BCUT2D eigenvalue weighted by Gasteiger charge is -2.04. The summed E-state index contributed by atoms with van der Waals surface area (Å²) in [6, 6.07) is 11.8. The molecule has 1 aromatic heterocycles. The number of thioether (sulfide) groups is 1. The molecule has 0 bridgehead atoms. The van der Waals surface area contributed by atoms with Crippen molar-refractivity contribution in [3.05, 3.63) is 58.2 Å². The molecule has 0 saturated heterocycles. The average Bonchev–Trinajstić information content (AvgIpc) is 2.40. The molecule has 4 heteroatoms. The molecular weight excluding hydrogens is 322 g/mol. The van der Waals surface area contributed by atoms with E-state index in [1.807, 2.05) is 43.3 Å². The van der Waals surface area contributed by atoms with Gasteiger partial charge in [0.05, 0.1) is 10.8 Å². The molecule has 2 aromatic rings. The van der Waals surface area contributed by atoms with Gasteiger partial charge in [-0.25, -0.2) is 4.98 Å². The fraction of sp³-hybridized carbons (Fsp3) is 0.200. The second kappa shape index (κ2) is 6.87. The highest BCUT2D eigenvalue weighted by molar-refractivity contribution is 9.10. The molecule has 98 valence electrons. The van der Waals surface area contributed by atoms with Gasteiger partial charge in [0.2, 0.25) is 0 Å². The van der Waals surface area contributed by atoms with Gasteiger partial charge in [0, 0.05) is 17.1 Å². The normalized spacial score (nSPS) is 10.4. The van der Waals surface area contributed by atoms with Gasteiger partial charge in [-0.05, 0) is 36.2 Å². The standard InChI is InChI=1S/C15H14BrNOS/c1-11-3-2-8-17-15(11)19-10-14(18)9-12-4-6-13(16)7-5-12/h2-8H,9-10H2,1H3. The van der Waals surface area contributed by atoms with Crippen LogP contribution in [-0.4, -0.2) is 16.5 Å². The summed E-state index contributed by atoms with van der Waals surface area (Å²) in [4.78, 5) is 16.2. The first kappa shape index (κ1) is 14.3. The number of rotatable bonds is 5. The van der Waals surface area contributed by atoms with Crippen LogP contribution in [0.1, 0.15) is 11.1 Å². The maximum Gasteiger partial charge on any atom is 0.147 e. The van der Waals surface area contributed by atoms with Gasteiger partial charge in [0.25, 0.3) is 0 Å². The van der Waals surface area contributed by atoms with Crippen LogP contribution in [0.15, 0.2) is 52.1 Å². The number of nitrogens with zero attached hydrogens (tertiary/aromatic N) is 1. The largest absolute Gasteiger partial charge is 0.298 e. The van der Waals surface area contributed by atoms with Crippen molar-refractivity contribution < 1.29 is 4.79 Å². The van der Waals surface area contributed by atoms with Crippen LogP contribution in [0.2, 0.25) is 0 Å². The van der Waals surface area contributed by atoms with Crippen LogP contribution in [0, 0.1) is 6.92 Å². The Morgan fingerprint density at radius 3 is 2.68 bits per heavy atom. The molecule has 0 atom stereocenters. The quantitative estimate of drug-likeness (QED) is 0.772.